The van der Waals surface area contributed by atoms with Crippen LogP contribution >= 0.6 is 11.6 Å². The Balaban J connectivity index is 2.04. The Bertz CT molecular complexity index is 711. The van der Waals surface area contributed by atoms with Gasteiger partial charge in [0.05, 0.1) is 28.6 Å². The topological polar surface area (TPSA) is 64.8 Å². The summed E-state index contributed by atoms with van der Waals surface area (Å²) in [5.41, 5.74) is 1.65. The van der Waals surface area contributed by atoms with Crippen molar-refractivity contribution in [3.8, 4) is 0 Å². The highest BCUT2D eigenvalue weighted by atomic mass is 35.5. The molecule has 0 N–H and O–H groups in total. The zero-order chi connectivity index (χ0) is 13.5. The van der Waals surface area contributed by atoms with Crippen molar-refractivity contribution in [1.82, 2.24) is 14.5 Å². The van der Waals surface area contributed by atoms with Gasteiger partial charge in [0.2, 0.25) is 0 Å². The van der Waals surface area contributed by atoms with Crippen molar-refractivity contribution in [2.75, 3.05) is 5.75 Å². The van der Waals surface area contributed by atoms with Crippen LogP contribution in [-0.2, 0) is 22.3 Å². The molecule has 3 rings (SSSR count). The summed E-state index contributed by atoms with van der Waals surface area (Å²) < 4.78 is 25.8. The second-order valence-electron chi connectivity index (χ2n) is 4.77. The first-order valence-corrected chi connectivity index (χ1v) is 8.43. The maximum absolute atomic E-state index is 11.9. The van der Waals surface area contributed by atoms with Crippen LogP contribution in [0.3, 0.4) is 0 Å². The first-order valence-electron chi connectivity index (χ1n) is 6.18. The van der Waals surface area contributed by atoms with Gasteiger partial charge in [0, 0.05) is 12.7 Å². The fourth-order valence-corrected chi connectivity index (χ4v) is 4.61. The molecular weight excluding hydrogens is 286 g/mol. The summed E-state index contributed by atoms with van der Waals surface area (Å²) >= 11 is 5.91. The summed E-state index contributed by atoms with van der Waals surface area (Å²) in [6.45, 7) is 0.435. The zero-order valence-electron chi connectivity index (χ0n) is 10.3. The molecule has 0 spiro atoms. The maximum Gasteiger partial charge on any atom is 0.154 e. The molecule has 0 amide bonds. The molecule has 1 saturated heterocycles. The molecule has 0 aliphatic carbocycles. The molecule has 3 heterocycles. The van der Waals surface area contributed by atoms with Gasteiger partial charge in [-0.05, 0) is 18.9 Å². The smallest absolute Gasteiger partial charge is 0.154 e. The van der Waals surface area contributed by atoms with E-state index in [9.17, 15) is 8.42 Å². The number of halogens is 1. The molecule has 0 bridgehead atoms. The van der Waals surface area contributed by atoms with Crippen molar-refractivity contribution < 1.29 is 8.42 Å². The number of rotatable bonds is 3. The predicted octanol–water partition coefficient (Wildman–Crippen LogP) is 1.75. The monoisotopic (exact) mass is 299 g/mol. The third kappa shape index (κ3) is 2.23. The molecule has 19 heavy (non-hydrogen) atoms. The number of pyridine rings is 1. The van der Waals surface area contributed by atoms with Gasteiger partial charge < -0.3 is 4.57 Å². The van der Waals surface area contributed by atoms with E-state index in [1.807, 2.05) is 10.6 Å². The Morgan fingerprint density at radius 1 is 1.47 bits per heavy atom. The Labute approximate surface area is 116 Å². The van der Waals surface area contributed by atoms with Gasteiger partial charge in [-0.3, -0.25) is 4.98 Å². The highest BCUT2D eigenvalue weighted by Crippen LogP contribution is 2.25. The van der Waals surface area contributed by atoms with Gasteiger partial charge >= 0.3 is 0 Å². The molecule has 0 saturated carbocycles. The molecule has 2 aromatic rings. The van der Waals surface area contributed by atoms with Crippen LogP contribution in [0.1, 0.15) is 18.7 Å². The summed E-state index contributed by atoms with van der Waals surface area (Å²) in [5.74, 6) is 1.26. The van der Waals surface area contributed by atoms with Crippen molar-refractivity contribution in [3.63, 3.8) is 0 Å². The van der Waals surface area contributed by atoms with Crippen LogP contribution in [0.15, 0.2) is 18.5 Å². The number of imidazole rings is 1. The highest BCUT2D eigenvalue weighted by Gasteiger charge is 2.32. The van der Waals surface area contributed by atoms with Crippen LogP contribution in [0.5, 0.6) is 0 Å². The average Bonchev–Trinajstić information content (AvgIpc) is 2.91. The van der Waals surface area contributed by atoms with Gasteiger partial charge in [0.1, 0.15) is 11.3 Å². The van der Waals surface area contributed by atoms with E-state index >= 15 is 0 Å². The quantitative estimate of drug-likeness (QED) is 0.810. The lowest BCUT2D eigenvalue weighted by atomic mass is 10.2. The average molecular weight is 300 g/mol. The summed E-state index contributed by atoms with van der Waals surface area (Å²) in [6.07, 6.45) is 4.82. The largest absolute Gasteiger partial charge is 0.326 e. The first kappa shape index (κ1) is 12.9. The van der Waals surface area contributed by atoms with Gasteiger partial charge in [-0.2, -0.15) is 0 Å². The zero-order valence-corrected chi connectivity index (χ0v) is 11.9. The van der Waals surface area contributed by atoms with E-state index in [-0.39, 0.29) is 11.1 Å². The molecule has 1 unspecified atom stereocenters. The molecule has 102 valence electrons. The highest BCUT2D eigenvalue weighted by molar-refractivity contribution is 7.92. The summed E-state index contributed by atoms with van der Waals surface area (Å²) in [7, 11) is -2.96. The van der Waals surface area contributed by atoms with Gasteiger partial charge in [-0.15, -0.1) is 11.6 Å². The minimum absolute atomic E-state index is 0.265. The predicted molar refractivity (Wildman–Crippen MR) is 73.9 cm³/mol. The van der Waals surface area contributed by atoms with E-state index in [1.54, 1.807) is 12.4 Å². The Morgan fingerprint density at radius 2 is 2.32 bits per heavy atom. The van der Waals surface area contributed by atoms with E-state index in [1.165, 1.54) is 0 Å². The van der Waals surface area contributed by atoms with Crippen molar-refractivity contribution in [1.29, 1.82) is 0 Å². The Hall–Kier alpha value is -1.14. The van der Waals surface area contributed by atoms with Crippen molar-refractivity contribution in [2.24, 2.45) is 0 Å². The molecule has 1 aliphatic heterocycles. The Kier molecular flexibility index (Phi) is 3.22. The third-order valence-electron chi connectivity index (χ3n) is 3.60. The van der Waals surface area contributed by atoms with E-state index < -0.39 is 9.84 Å². The van der Waals surface area contributed by atoms with E-state index in [0.29, 0.717) is 18.1 Å². The number of nitrogens with zero attached hydrogens (tertiary/aromatic N) is 3. The molecule has 1 fully saturated rings. The minimum atomic E-state index is -2.96. The number of sulfone groups is 1. The van der Waals surface area contributed by atoms with E-state index in [4.69, 9.17) is 11.6 Å². The van der Waals surface area contributed by atoms with Crippen LogP contribution < -0.4 is 0 Å². The molecule has 1 aliphatic rings. The molecule has 2 aromatic heterocycles. The fourth-order valence-electron chi connectivity index (χ4n) is 2.60. The van der Waals surface area contributed by atoms with Gasteiger partial charge in [0.25, 0.3) is 0 Å². The molecule has 5 nitrogen and oxygen atoms in total. The summed E-state index contributed by atoms with van der Waals surface area (Å²) in [4.78, 5) is 8.42. The lowest BCUT2D eigenvalue weighted by Gasteiger charge is -2.13. The van der Waals surface area contributed by atoms with Gasteiger partial charge in [-0.1, -0.05) is 0 Å². The van der Waals surface area contributed by atoms with Crippen LogP contribution in [0.2, 0.25) is 0 Å². The van der Waals surface area contributed by atoms with Crippen molar-refractivity contribution in [2.45, 2.75) is 30.5 Å². The number of aromatic nitrogens is 3. The number of alkyl halides is 1. The standard InChI is InChI=1S/C12H14ClN3O2S/c13-6-12-15-10-7-14-4-3-11(10)16(12)8-9-2-1-5-19(9,17)18/h3-4,7,9H,1-2,5-6,8H2. The minimum Gasteiger partial charge on any atom is -0.326 e. The molecule has 0 aromatic carbocycles. The second-order valence-corrected chi connectivity index (χ2v) is 7.44. The van der Waals surface area contributed by atoms with Crippen LogP contribution in [0, 0.1) is 0 Å². The lowest BCUT2D eigenvalue weighted by Crippen LogP contribution is -2.23. The third-order valence-corrected chi connectivity index (χ3v) is 6.10. The van der Waals surface area contributed by atoms with Crippen LogP contribution in [-0.4, -0.2) is 34.0 Å². The number of hydrogen-bond donors (Lipinski definition) is 0. The van der Waals surface area contributed by atoms with E-state index in [0.717, 1.165) is 23.9 Å². The summed E-state index contributed by atoms with van der Waals surface area (Å²) in [5, 5.41) is -0.319. The lowest BCUT2D eigenvalue weighted by molar-refractivity contribution is 0.565. The summed E-state index contributed by atoms with van der Waals surface area (Å²) in [6, 6.07) is 1.85. The van der Waals surface area contributed by atoms with Crippen molar-refractivity contribution in [3.05, 3.63) is 24.3 Å². The van der Waals surface area contributed by atoms with Crippen LogP contribution in [0.25, 0.3) is 11.0 Å². The van der Waals surface area contributed by atoms with Gasteiger partial charge in [0.15, 0.2) is 9.84 Å². The first-order chi connectivity index (χ1) is 9.12. The maximum atomic E-state index is 11.9. The molecule has 1 atom stereocenters. The number of fused-ring (bicyclic) bond motifs is 1. The second kappa shape index (κ2) is 4.76. The van der Waals surface area contributed by atoms with Crippen LogP contribution in [0.4, 0.5) is 0 Å². The normalized spacial score (nSPS) is 22.1. The van der Waals surface area contributed by atoms with Crippen molar-refractivity contribution >= 4 is 32.5 Å². The van der Waals surface area contributed by atoms with E-state index in [2.05, 4.69) is 9.97 Å². The number of hydrogen-bond acceptors (Lipinski definition) is 4. The fraction of sp³-hybridized carbons (Fsp3) is 0.500. The molecule has 0 radical (unpaired) electrons. The molecular formula is C12H14ClN3O2S. The van der Waals surface area contributed by atoms with Gasteiger partial charge in [-0.25, -0.2) is 13.4 Å². The molecule has 7 heteroatoms. The Morgan fingerprint density at radius 3 is 3.00 bits per heavy atom. The SMILES string of the molecule is O=S1(=O)CCCC1Cn1c(CCl)nc2cnccc21.